The van der Waals surface area contributed by atoms with Crippen LogP contribution in [0, 0.1) is 6.92 Å². The average molecular weight is 275 g/mol. The molecule has 0 spiro atoms. The highest BCUT2D eigenvalue weighted by atomic mass is 15.0. The van der Waals surface area contributed by atoms with Gasteiger partial charge in [-0.1, -0.05) is 67.1 Å². The van der Waals surface area contributed by atoms with Crippen LogP contribution in [0.3, 0.4) is 0 Å². The van der Waals surface area contributed by atoms with Crippen LogP contribution >= 0.6 is 0 Å². The van der Waals surface area contributed by atoms with Crippen molar-refractivity contribution in [2.24, 2.45) is 0 Å². The van der Waals surface area contributed by atoms with Gasteiger partial charge in [0.2, 0.25) is 0 Å². The zero-order valence-corrected chi connectivity index (χ0v) is 12.2. The van der Waals surface area contributed by atoms with Crippen molar-refractivity contribution < 1.29 is 0 Å². The Labute approximate surface area is 124 Å². The third kappa shape index (κ3) is 2.97. The number of nitrogens with zero attached hydrogens (tertiary/aromatic N) is 3. The minimum atomic E-state index is 0.734. The van der Waals surface area contributed by atoms with E-state index < -0.39 is 0 Å². The molecule has 104 valence electrons. The normalized spacial score (nSPS) is 10.6. The molecule has 0 fully saturated rings. The predicted molar refractivity (Wildman–Crippen MR) is 84.8 cm³/mol. The van der Waals surface area contributed by atoms with Gasteiger partial charge in [0.05, 0.1) is 0 Å². The molecule has 0 saturated heterocycles. The van der Waals surface area contributed by atoms with E-state index in [-0.39, 0.29) is 0 Å². The summed E-state index contributed by atoms with van der Waals surface area (Å²) in [4.78, 5) is 13.7. The van der Waals surface area contributed by atoms with Gasteiger partial charge < -0.3 is 0 Å². The zero-order chi connectivity index (χ0) is 14.7. The summed E-state index contributed by atoms with van der Waals surface area (Å²) in [5.41, 5.74) is 3.27. The van der Waals surface area contributed by atoms with Gasteiger partial charge in [-0.25, -0.2) is 15.0 Å². The monoisotopic (exact) mass is 275 g/mol. The first-order valence-electron chi connectivity index (χ1n) is 7.13. The van der Waals surface area contributed by atoms with Gasteiger partial charge in [-0.2, -0.15) is 0 Å². The van der Waals surface area contributed by atoms with Crippen molar-refractivity contribution in [2.45, 2.75) is 20.3 Å². The molecule has 3 rings (SSSR count). The summed E-state index contributed by atoms with van der Waals surface area (Å²) >= 11 is 0. The summed E-state index contributed by atoms with van der Waals surface area (Å²) in [6.45, 7) is 4.13. The molecule has 0 saturated carbocycles. The number of aromatic nitrogens is 3. The minimum Gasteiger partial charge on any atom is -0.213 e. The molecule has 0 bridgehead atoms. The first-order chi connectivity index (χ1) is 10.3. The molecule has 1 heterocycles. The Bertz CT molecular complexity index is 734. The lowest BCUT2D eigenvalue weighted by Gasteiger charge is -2.07. The maximum absolute atomic E-state index is 4.63. The largest absolute Gasteiger partial charge is 0.213 e. The van der Waals surface area contributed by atoms with E-state index in [2.05, 4.69) is 53.1 Å². The summed E-state index contributed by atoms with van der Waals surface area (Å²) in [7, 11) is 0. The van der Waals surface area contributed by atoms with Crippen LogP contribution in [0.15, 0.2) is 54.6 Å². The second-order valence-electron chi connectivity index (χ2n) is 4.98. The van der Waals surface area contributed by atoms with Gasteiger partial charge in [0.1, 0.15) is 5.82 Å². The highest BCUT2D eigenvalue weighted by Gasteiger charge is 2.09. The first kappa shape index (κ1) is 13.4. The van der Waals surface area contributed by atoms with Crippen molar-refractivity contribution in [3.8, 4) is 22.8 Å². The number of hydrogen-bond acceptors (Lipinski definition) is 3. The van der Waals surface area contributed by atoms with Crippen LogP contribution in [0.2, 0.25) is 0 Å². The van der Waals surface area contributed by atoms with Crippen LogP contribution in [-0.4, -0.2) is 15.0 Å². The molecular weight excluding hydrogens is 258 g/mol. The van der Waals surface area contributed by atoms with E-state index in [1.54, 1.807) is 0 Å². The number of rotatable bonds is 3. The SMILES string of the molecule is CCc1nc(-c2ccccc2)nc(-c2ccc(C)cc2)n1. The Morgan fingerprint density at radius 2 is 1.29 bits per heavy atom. The van der Waals surface area contributed by atoms with Crippen molar-refractivity contribution in [2.75, 3.05) is 0 Å². The lowest BCUT2D eigenvalue weighted by Crippen LogP contribution is -2.01. The zero-order valence-electron chi connectivity index (χ0n) is 12.2. The summed E-state index contributed by atoms with van der Waals surface area (Å²) in [6, 6.07) is 18.3. The van der Waals surface area contributed by atoms with E-state index in [0.717, 1.165) is 35.0 Å². The predicted octanol–water partition coefficient (Wildman–Crippen LogP) is 4.08. The Morgan fingerprint density at radius 1 is 0.714 bits per heavy atom. The van der Waals surface area contributed by atoms with Crippen molar-refractivity contribution in [3.05, 3.63) is 66.0 Å². The van der Waals surface area contributed by atoms with E-state index >= 15 is 0 Å². The van der Waals surface area contributed by atoms with Crippen LogP contribution in [-0.2, 0) is 6.42 Å². The van der Waals surface area contributed by atoms with Crippen molar-refractivity contribution in [3.63, 3.8) is 0 Å². The maximum Gasteiger partial charge on any atom is 0.163 e. The van der Waals surface area contributed by atoms with Crippen LogP contribution in [0.1, 0.15) is 18.3 Å². The summed E-state index contributed by atoms with van der Waals surface area (Å²) in [6.07, 6.45) is 0.793. The lowest BCUT2D eigenvalue weighted by atomic mass is 10.1. The van der Waals surface area contributed by atoms with Crippen molar-refractivity contribution in [1.82, 2.24) is 15.0 Å². The van der Waals surface area contributed by atoms with Gasteiger partial charge in [0.15, 0.2) is 11.6 Å². The molecule has 0 amide bonds. The van der Waals surface area contributed by atoms with E-state index in [1.165, 1.54) is 5.56 Å². The number of hydrogen-bond donors (Lipinski definition) is 0. The van der Waals surface area contributed by atoms with E-state index in [0.29, 0.717) is 0 Å². The molecule has 3 heteroatoms. The molecule has 3 nitrogen and oxygen atoms in total. The third-order valence-corrected chi connectivity index (χ3v) is 3.34. The first-order valence-corrected chi connectivity index (χ1v) is 7.13. The summed E-state index contributed by atoms with van der Waals surface area (Å²) in [5.74, 6) is 2.29. The van der Waals surface area contributed by atoms with Gasteiger partial charge in [0.25, 0.3) is 0 Å². The Morgan fingerprint density at radius 3 is 1.86 bits per heavy atom. The average Bonchev–Trinajstić information content (AvgIpc) is 2.56. The van der Waals surface area contributed by atoms with Gasteiger partial charge in [-0.15, -0.1) is 0 Å². The van der Waals surface area contributed by atoms with Crippen molar-refractivity contribution >= 4 is 0 Å². The molecule has 0 aliphatic heterocycles. The molecule has 3 aromatic rings. The molecule has 21 heavy (non-hydrogen) atoms. The lowest BCUT2D eigenvalue weighted by molar-refractivity contribution is 0.910. The fraction of sp³-hybridized carbons (Fsp3) is 0.167. The molecular formula is C18H17N3. The molecule has 0 unspecified atom stereocenters. The second-order valence-corrected chi connectivity index (χ2v) is 4.98. The van der Waals surface area contributed by atoms with Crippen LogP contribution in [0.5, 0.6) is 0 Å². The third-order valence-electron chi connectivity index (χ3n) is 3.34. The standard InChI is InChI=1S/C18H17N3/c1-3-16-19-17(14-7-5-4-6-8-14)21-18(20-16)15-11-9-13(2)10-12-15/h4-12H,3H2,1-2H3. The van der Waals surface area contributed by atoms with Crippen LogP contribution < -0.4 is 0 Å². The van der Waals surface area contributed by atoms with Gasteiger partial charge in [-0.3, -0.25) is 0 Å². The molecule has 1 aromatic heterocycles. The summed E-state index contributed by atoms with van der Waals surface area (Å²) in [5, 5.41) is 0. The summed E-state index contributed by atoms with van der Waals surface area (Å²) < 4.78 is 0. The topological polar surface area (TPSA) is 38.7 Å². The van der Waals surface area contributed by atoms with Gasteiger partial charge >= 0.3 is 0 Å². The second kappa shape index (κ2) is 5.83. The molecule has 0 atom stereocenters. The van der Waals surface area contributed by atoms with Crippen LogP contribution in [0.4, 0.5) is 0 Å². The highest BCUT2D eigenvalue weighted by molar-refractivity contribution is 5.61. The quantitative estimate of drug-likeness (QED) is 0.723. The maximum atomic E-state index is 4.63. The fourth-order valence-electron chi connectivity index (χ4n) is 2.13. The molecule has 0 radical (unpaired) electrons. The number of aryl methyl sites for hydroxylation is 2. The Balaban J connectivity index is 2.11. The molecule has 2 aromatic carbocycles. The fourth-order valence-corrected chi connectivity index (χ4v) is 2.13. The molecule has 0 N–H and O–H groups in total. The van der Waals surface area contributed by atoms with Crippen LogP contribution in [0.25, 0.3) is 22.8 Å². The van der Waals surface area contributed by atoms with Gasteiger partial charge in [-0.05, 0) is 6.92 Å². The van der Waals surface area contributed by atoms with E-state index in [4.69, 9.17) is 0 Å². The van der Waals surface area contributed by atoms with E-state index in [1.807, 2.05) is 30.3 Å². The Hall–Kier alpha value is -2.55. The number of benzene rings is 2. The van der Waals surface area contributed by atoms with Crippen molar-refractivity contribution in [1.29, 1.82) is 0 Å². The van der Waals surface area contributed by atoms with E-state index in [9.17, 15) is 0 Å². The smallest absolute Gasteiger partial charge is 0.163 e. The highest BCUT2D eigenvalue weighted by Crippen LogP contribution is 2.20. The molecule has 0 aliphatic carbocycles. The van der Waals surface area contributed by atoms with Gasteiger partial charge in [0, 0.05) is 17.5 Å². The molecule has 0 aliphatic rings. The Kier molecular flexibility index (Phi) is 3.73. The minimum absolute atomic E-state index is 0.734.